The van der Waals surface area contributed by atoms with E-state index in [1.807, 2.05) is 0 Å². The Morgan fingerprint density at radius 3 is 3.09 bits per heavy atom. The fourth-order valence-corrected chi connectivity index (χ4v) is 2.56. The zero-order valence-corrected chi connectivity index (χ0v) is 12.6. The lowest BCUT2D eigenvalue weighted by Gasteiger charge is -2.31. The molecule has 1 fully saturated rings. The maximum atomic E-state index is 13.2. The molecule has 8 heteroatoms. The first-order valence-corrected chi connectivity index (χ1v) is 7.35. The van der Waals surface area contributed by atoms with Crippen LogP contribution in [0.25, 0.3) is 5.69 Å². The number of nitrogens with zero attached hydrogens (tertiary/aromatic N) is 4. The highest BCUT2D eigenvalue weighted by Gasteiger charge is 2.20. The normalized spacial score (nSPS) is 19.5. The second kappa shape index (κ2) is 6.70. The summed E-state index contributed by atoms with van der Waals surface area (Å²) in [6.45, 7) is 2.66. The standard InChI is InChI=1S/C14H16ClFN4O2/c15-13-5-11(1-2-14(13)16)20-7-10(17-18-20)6-19-3-4-22-12(8-19)9-21/h1-2,5,7,12,21H,3-4,6,8-9H2/t12-/m0/s1. The first kappa shape index (κ1) is 15.4. The third-order valence-corrected chi connectivity index (χ3v) is 3.81. The molecule has 1 atom stereocenters. The predicted octanol–water partition coefficient (Wildman–Crippen LogP) is 1.25. The number of halogens is 2. The van der Waals surface area contributed by atoms with E-state index in [2.05, 4.69) is 15.2 Å². The summed E-state index contributed by atoms with van der Waals surface area (Å²) in [7, 11) is 0. The molecule has 0 radical (unpaired) electrons. The molecule has 0 saturated carbocycles. The maximum absolute atomic E-state index is 13.2. The summed E-state index contributed by atoms with van der Waals surface area (Å²) in [4.78, 5) is 2.15. The Morgan fingerprint density at radius 2 is 2.32 bits per heavy atom. The fourth-order valence-electron chi connectivity index (χ4n) is 2.39. The molecule has 1 aromatic heterocycles. The Morgan fingerprint density at radius 1 is 1.45 bits per heavy atom. The van der Waals surface area contributed by atoms with Gasteiger partial charge in [0.2, 0.25) is 0 Å². The minimum Gasteiger partial charge on any atom is -0.394 e. The van der Waals surface area contributed by atoms with E-state index in [9.17, 15) is 4.39 Å². The van der Waals surface area contributed by atoms with Crippen LogP contribution in [0.15, 0.2) is 24.4 Å². The third-order valence-electron chi connectivity index (χ3n) is 3.52. The van der Waals surface area contributed by atoms with Crippen LogP contribution in [0.5, 0.6) is 0 Å². The smallest absolute Gasteiger partial charge is 0.141 e. The molecule has 6 nitrogen and oxygen atoms in total. The van der Waals surface area contributed by atoms with E-state index in [1.54, 1.807) is 16.9 Å². The van der Waals surface area contributed by atoms with Crippen LogP contribution in [0.1, 0.15) is 5.69 Å². The molecular weight excluding hydrogens is 311 g/mol. The van der Waals surface area contributed by atoms with Crippen LogP contribution in [-0.2, 0) is 11.3 Å². The molecule has 22 heavy (non-hydrogen) atoms. The van der Waals surface area contributed by atoms with E-state index in [0.717, 1.165) is 12.2 Å². The number of rotatable bonds is 4. The topological polar surface area (TPSA) is 63.4 Å². The Hall–Kier alpha value is -1.54. The van der Waals surface area contributed by atoms with E-state index in [0.29, 0.717) is 25.4 Å². The van der Waals surface area contributed by atoms with E-state index in [1.165, 1.54) is 12.1 Å². The van der Waals surface area contributed by atoms with Gasteiger partial charge in [0.05, 0.1) is 41.9 Å². The zero-order chi connectivity index (χ0) is 15.5. The van der Waals surface area contributed by atoms with Gasteiger partial charge in [0.1, 0.15) is 5.82 Å². The van der Waals surface area contributed by atoms with Gasteiger partial charge in [-0.1, -0.05) is 16.8 Å². The lowest BCUT2D eigenvalue weighted by molar-refractivity contribution is -0.0553. The molecule has 1 aromatic carbocycles. The van der Waals surface area contributed by atoms with Crippen molar-refractivity contribution < 1.29 is 14.2 Å². The molecule has 1 saturated heterocycles. The number of aliphatic hydroxyl groups is 1. The molecule has 0 bridgehead atoms. The quantitative estimate of drug-likeness (QED) is 0.916. The molecule has 0 amide bonds. The van der Waals surface area contributed by atoms with Crippen LogP contribution in [-0.4, -0.2) is 57.4 Å². The summed E-state index contributed by atoms with van der Waals surface area (Å²) in [6, 6.07) is 4.40. The molecule has 1 N–H and O–H groups in total. The fraction of sp³-hybridized carbons (Fsp3) is 0.429. The van der Waals surface area contributed by atoms with Crippen LogP contribution in [0.3, 0.4) is 0 Å². The SMILES string of the molecule is OC[C@@H]1CN(Cc2cn(-c3ccc(F)c(Cl)c3)nn2)CCO1. The van der Waals surface area contributed by atoms with E-state index < -0.39 is 5.82 Å². The molecule has 1 aliphatic heterocycles. The van der Waals surface area contributed by atoms with E-state index >= 15 is 0 Å². The molecule has 118 valence electrons. The van der Waals surface area contributed by atoms with Gasteiger partial charge < -0.3 is 9.84 Å². The number of morpholine rings is 1. The van der Waals surface area contributed by atoms with Crippen molar-refractivity contribution in [2.45, 2.75) is 12.6 Å². The summed E-state index contributed by atoms with van der Waals surface area (Å²) in [5, 5.41) is 17.4. The van der Waals surface area contributed by atoms with Crippen molar-refractivity contribution in [1.29, 1.82) is 0 Å². The van der Waals surface area contributed by atoms with Crippen LogP contribution in [0.2, 0.25) is 5.02 Å². The van der Waals surface area contributed by atoms with Crippen molar-refractivity contribution in [3.8, 4) is 5.69 Å². The van der Waals surface area contributed by atoms with Crippen LogP contribution in [0, 0.1) is 5.82 Å². The van der Waals surface area contributed by atoms with Gasteiger partial charge in [-0.15, -0.1) is 5.10 Å². The molecule has 3 rings (SSSR count). The van der Waals surface area contributed by atoms with Crippen molar-refractivity contribution >= 4 is 11.6 Å². The van der Waals surface area contributed by atoms with Gasteiger partial charge in [0, 0.05) is 19.6 Å². The average Bonchev–Trinajstić information content (AvgIpc) is 2.98. The minimum atomic E-state index is -0.464. The highest BCUT2D eigenvalue weighted by molar-refractivity contribution is 6.30. The van der Waals surface area contributed by atoms with Crippen LogP contribution >= 0.6 is 11.6 Å². The van der Waals surface area contributed by atoms with Crippen LogP contribution < -0.4 is 0 Å². The highest BCUT2D eigenvalue weighted by atomic mass is 35.5. The van der Waals surface area contributed by atoms with Gasteiger partial charge in [0.25, 0.3) is 0 Å². The lowest BCUT2D eigenvalue weighted by atomic mass is 10.2. The molecule has 2 aromatic rings. The predicted molar refractivity (Wildman–Crippen MR) is 78.4 cm³/mol. The Balaban J connectivity index is 1.69. The molecule has 0 aliphatic carbocycles. The summed E-state index contributed by atoms with van der Waals surface area (Å²) >= 11 is 5.78. The van der Waals surface area contributed by atoms with E-state index in [4.69, 9.17) is 21.4 Å². The molecular formula is C14H16ClFN4O2. The van der Waals surface area contributed by atoms with Crippen molar-refractivity contribution in [2.75, 3.05) is 26.3 Å². The molecule has 1 aliphatic rings. The van der Waals surface area contributed by atoms with Crippen molar-refractivity contribution in [3.63, 3.8) is 0 Å². The molecule has 0 spiro atoms. The van der Waals surface area contributed by atoms with Crippen LogP contribution in [0.4, 0.5) is 4.39 Å². The van der Waals surface area contributed by atoms with Gasteiger partial charge in [-0.25, -0.2) is 9.07 Å². The largest absolute Gasteiger partial charge is 0.394 e. The number of hydrogen-bond donors (Lipinski definition) is 1. The minimum absolute atomic E-state index is 0.0112. The summed E-state index contributed by atoms with van der Waals surface area (Å²) in [5.41, 5.74) is 1.44. The second-order valence-corrected chi connectivity index (χ2v) is 5.57. The van der Waals surface area contributed by atoms with Crippen molar-refractivity contribution in [1.82, 2.24) is 19.9 Å². The average molecular weight is 327 g/mol. The monoisotopic (exact) mass is 326 g/mol. The first-order chi connectivity index (χ1) is 10.7. The number of aliphatic hydroxyl groups excluding tert-OH is 1. The van der Waals surface area contributed by atoms with Crippen molar-refractivity contribution in [3.05, 3.63) is 40.9 Å². The van der Waals surface area contributed by atoms with E-state index in [-0.39, 0.29) is 17.7 Å². The summed E-state index contributed by atoms with van der Waals surface area (Å²) in [6.07, 6.45) is 1.63. The Kier molecular flexibility index (Phi) is 4.68. The number of benzene rings is 1. The van der Waals surface area contributed by atoms with Gasteiger partial charge in [-0.05, 0) is 18.2 Å². The number of hydrogen-bond acceptors (Lipinski definition) is 5. The Bertz CT molecular complexity index is 652. The van der Waals surface area contributed by atoms with Gasteiger partial charge in [-0.2, -0.15) is 0 Å². The highest BCUT2D eigenvalue weighted by Crippen LogP contribution is 2.18. The third kappa shape index (κ3) is 3.44. The Labute approximate surface area is 132 Å². The zero-order valence-electron chi connectivity index (χ0n) is 11.8. The van der Waals surface area contributed by atoms with Gasteiger partial charge in [-0.3, -0.25) is 4.90 Å². The van der Waals surface area contributed by atoms with Gasteiger partial charge >= 0.3 is 0 Å². The lowest BCUT2D eigenvalue weighted by Crippen LogP contribution is -2.43. The number of ether oxygens (including phenoxy) is 1. The number of aromatic nitrogens is 3. The first-order valence-electron chi connectivity index (χ1n) is 6.97. The van der Waals surface area contributed by atoms with Gasteiger partial charge in [0.15, 0.2) is 0 Å². The maximum Gasteiger partial charge on any atom is 0.141 e. The summed E-state index contributed by atoms with van der Waals surface area (Å²) in [5.74, 6) is -0.464. The molecule has 0 unspecified atom stereocenters. The summed E-state index contributed by atoms with van der Waals surface area (Å²) < 4.78 is 20.2. The van der Waals surface area contributed by atoms with Crippen molar-refractivity contribution in [2.24, 2.45) is 0 Å². The second-order valence-electron chi connectivity index (χ2n) is 5.16. The molecule has 2 heterocycles.